The second kappa shape index (κ2) is 5.92. The van der Waals surface area contributed by atoms with E-state index in [-0.39, 0.29) is 5.91 Å². The molecule has 106 valence electrons. The number of nitriles is 1. The molecule has 0 bridgehead atoms. The Bertz CT molecular complexity index is 360. The minimum Gasteiger partial charge on any atom is -0.339 e. The summed E-state index contributed by atoms with van der Waals surface area (Å²) < 4.78 is 0. The fraction of sp³-hybridized carbons (Fsp3) is 0.867. The molecule has 2 aliphatic rings. The van der Waals surface area contributed by atoms with Gasteiger partial charge in [-0.3, -0.25) is 9.69 Å². The van der Waals surface area contributed by atoms with Gasteiger partial charge in [-0.1, -0.05) is 19.8 Å². The van der Waals surface area contributed by atoms with Gasteiger partial charge in [-0.25, -0.2) is 0 Å². The normalized spacial score (nSPS) is 25.0. The van der Waals surface area contributed by atoms with Gasteiger partial charge in [0.1, 0.15) is 5.41 Å². The summed E-state index contributed by atoms with van der Waals surface area (Å²) in [6.45, 7) is 7.90. The molecule has 1 aliphatic heterocycles. The molecule has 0 aromatic heterocycles. The quantitative estimate of drug-likeness (QED) is 0.782. The van der Waals surface area contributed by atoms with Crippen molar-refractivity contribution in [1.29, 1.82) is 5.26 Å². The largest absolute Gasteiger partial charge is 0.339 e. The smallest absolute Gasteiger partial charge is 0.243 e. The Morgan fingerprint density at radius 2 is 1.84 bits per heavy atom. The molecule has 1 aliphatic carbocycles. The summed E-state index contributed by atoms with van der Waals surface area (Å²) in [5.41, 5.74) is -0.696. The molecule has 0 spiro atoms. The van der Waals surface area contributed by atoms with Crippen LogP contribution < -0.4 is 0 Å². The summed E-state index contributed by atoms with van der Waals surface area (Å²) in [5, 5.41) is 9.39. The molecule has 0 radical (unpaired) electrons. The topological polar surface area (TPSA) is 47.3 Å². The van der Waals surface area contributed by atoms with E-state index in [0.717, 1.165) is 58.3 Å². The number of hydrogen-bond donors (Lipinski definition) is 0. The van der Waals surface area contributed by atoms with Gasteiger partial charge in [-0.15, -0.1) is 0 Å². The van der Waals surface area contributed by atoms with Crippen LogP contribution in [-0.4, -0.2) is 47.9 Å². The van der Waals surface area contributed by atoms with Gasteiger partial charge < -0.3 is 4.90 Å². The zero-order valence-corrected chi connectivity index (χ0v) is 12.2. The number of carbonyl (C=O) groups excluding carboxylic acids is 1. The summed E-state index contributed by atoms with van der Waals surface area (Å²) in [6.07, 6.45) is 4.70. The number of amides is 1. The van der Waals surface area contributed by atoms with Gasteiger partial charge >= 0.3 is 0 Å². The summed E-state index contributed by atoms with van der Waals surface area (Å²) >= 11 is 0. The molecule has 1 amide bonds. The molecule has 1 saturated heterocycles. The lowest BCUT2D eigenvalue weighted by atomic mass is 9.86. The van der Waals surface area contributed by atoms with Gasteiger partial charge in [0.25, 0.3) is 0 Å². The van der Waals surface area contributed by atoms with Gasteiger partial charge in [0, 0.05) is 32.2 Å². The number of piperazine rings is 1. The Labute approximate surface area is 116 Å². The lowest BCUT2D eigenvalue weighted by Crippen LogP contribution is -2.54. The van der Waals surface area contributed by atoms with Gasteiger partial charge in [0.05, 0.1) is 6.07 Å². The van der Waals surface area contributed by atoms with Crippen LogP contribution in [0.5, 0.6) is 0 Å². The third kappa shape index (κ3) is 2.76. The minimum atomic E-state index is -0.696. The number of hydrogen-bond acceptors (Lipinski definition) is 3. The molecule has 0 aromatic rings. The van der Waals surface area contributed by atoms with Crippen LogP contribution in [0.25, 0.3) is 0 Å². The Morgan fingerprint density at radius 1 is 1.26 bits per heavy atom. The number of rotatable bonds is 3. The Kier molecular flexibility index (Phi) is 4.46. The van der Waals surface area contributed by atoms with Crippen molar-refractivity contribution in [2.75, 3.05) is 26.2 Å². The van der Waals surface area contributed by atoms with Crippen LogP contribution in [0.1, 0.15) is 46.0 Å². The van der Waals surface area contributed by atoms with Crippen LogP contribution in [0.3, 0.4) is 0 Å². The van der Waals surface area contributed by atoms with Gasteiger partial charge in [0.15, 0.2) is 0 Å². The standard InChI is InChI=1S/C15H25N3O/c1-3-13(2)17-8-10-18(11-9-17)14(19)15(12-16)6-4-5-7-15/h13H,3-11H2,1-2H3. The maximum atomic E-state index is 12.6. The van der Waals surface area contributed by atoms with Crippen molar-refractivity contribution < 1.29 is 4.79 Å². The third-order valence-corrected chi connectivity index (χ3v) is 4.90. The summed E-state index contributed by atoms with van der Waals surface area (Å²) in [4.78, 5) is 17.0. The number of carbonyl (C=O) groups is 1. The molecule has 2 rings (SSSR count). The van der Waals surface area contributed by atoms with Crippen molar-refractivity contribution in [3.8, 4) is 6.07 Å². The summed E-state index contributed by atoms with van der Waals surface area (Å²) in [5.74, 6) is 0.0938. The third-order valence-electron chi connectivity index (χ3n) is 4.90. The molecule has 0 N–H and O–H groups in total. The Morgan fingerprint density at radius 3 is 2.32 bits per heavy atom. The molecule has 1 unspecified atom stereocenters. The van der Waals surface area contributed by atoms with Crippen LogP contribution in [0.15, 0.2) is 0 Å². The highest BCUT2D eigenvalue weighted by Crippen LogP contribution is 2.39. The molecule has 4 nitrogen and oxygen atoms in total. The van der Waals surface area contributed by atoms with Crippen molar-refractivity contribution in [2.24, 2.45) is 5.41 Å². The molecule has 1 heterocycles. The second-order valence-electron chi connectivity index (χ2n) is 5.99. The van der Waals surface area contributed by atoms with Crippen molar-refractivity contribution in [1.82, 2.24) is 9.80 Å². The first-order valence-electron chi connectivity index (χ1n) is 7.57. The summed E-state index contributed by atoms with van der Waals surface area (Å²) in [6, 6.07) is 2.91. The Balaban J connectivity index is 1.94. The highest BCUT2D eigenvalue weighted by Gasteiger charge is 2.44. The molecular weight excluding hydrogens is 238 g/mol. The van der Waals surface area contributed by atoms with Crippen molar-refractivity contribution in [2.45, 2.75) is 52.0 Å². The average Bonchev–Trinajstić information content (AvgIpc) is 2.96. The van der Waals surface area contributed by atoms with E-state index >= 15 is 0 Å². The van der Waals surface area contributed by atoms with E-state index in [1.54, 1.807) is 0 Å². The van der Waals surface area contributed by atoms with E-state index in [1.165, 1.54) is 0 Å². The first-order chi connectivity index (χ1) is 9.13. The highest BCUT2D eigenvalue weighted by atomic mass is 16.2. The predicted molar refractivity (Wildman–Crippen MR) is 74.4 cm³/mol. The zero-order valence-electron chi connectivity index (χ0n) is 12.2. The van der Waals surface area contributed by atoms with Gasteiger partial charge in [0.2, 0.25) is 5.91 Å². The van der Waals surface area contributed by atoms with Crippen LogP contribution in [0, 0.1) is 16.7 Å². The van der Waals surface area contributed by atoms with Crippen LogP contribution in [-0.2, 0) is 4.79 Å². The fourth-order valence-electron chi connectivity index (χ4n) is 3.28. The van der Waals surface area contributed by atoms with Crippen molar-refractivity contribution >= 4 is 5.91 Å². The molecule has 19 heavy (non-hydrogen) atoms. The summed E-state index contributed by atoms with van der Waals surface area (Å²) in [7, 11) is 0. The van der Waals surface area contributed by atoms with E-state index in [4.69, 9.17) is 0 Å². The molecule has 4 heteroatoms. The van der Waals surface area contributed by atoms with E-state index in [0.29, 0.717) is 6.04 Å². The molecule has 2 fully saturated rings. The van der Waals surface area contributed by atoms with Crippen LogP contribution in [0.2, 0.25) is 0 Å². The predicted octanol–water partition coefficient (Wildman–Crippen LogP) is 2.01. The highest BCUT2D eigenvalue weighted by molar-refractivity contribution is 5.86. The van der Waals surface area contributed by atoms with Crippen molar-refractivity contribution in [3.05, 3.63) is 0 Å². The second-order valence-corrected chi connectivity index (χ2v) is 5.99. The Hall–Kier alpha value is -1.08. The van der Waals surface area contributed by atoms with E-state index in [2.05, 4.69) is 24.8 Å². The molecule has 1 saturated carbocycles. The lowest BCUT2D eigenvalue weighted by Gasteiger charge is -2.40. The van der Waals surface area contributed by atoms with Crippen molar-refractivity contribution in [3.63, 3.8) is 0 Å². The average molecular weight is 263 g/mol. The van der Waals surface area contributed by atoms with E-state index < -0.39 is 5.41 Å². The first-order valence-corrected chi connectivity index (χ1v) is 7.57. The van der Waals surface area contributed by atoms with E-state index in [1.807, 2.05) is 4.90 Å². The zero-order chi connectivity index (χ0) is 13.9. The molecule has 1 atom stereocenters. The molecular formula is C15H25N3O. The maximum absolute atomic E-state index is 12.6. The maximum Gasteiger partial charge on any atom is 0.243 e. The fourth-order valence-corrected chi connectivity index (χ4v) is 3.28. The lowest BCUT2D eigenvalue weighted by molar-refractivity contribution is -0.141. The monoisotopic (exact) mass is 263 g/mol. The first kappa shape index (κ1) is 14.3. The van der Waals surface area contributed by atoms with Crippen LogP contribution in [0.4, 0.5) is 0 Å². The van der Waals surface area contributed by atoms with Gasteiger partial charge in [-0.05, 0) is 26.2 Å². The minimum absolute atomic E-state index is 0.0938. The van der Waals surface area contributed by atoms with E-state index in [9.17, 15) is 10.1 Å². The molecule has 0 aromatic carbocycles. The van der Waals surface area contributed by atoms with Crippen LogP contribution >= 0.6 is 0 Å². The SMILES string of the molecule is CCC(C)N1CCN(C(=O)C2(C#N)CCCC2)CC1. The number of nitrogens with zero attached hydrogens (tertiary/aromatic N) is 3. The van der Waals surface area contributed by atoms with Gasteiger partial charge in [-0.2, -0.15) is 5.26 Å².